The van der Waals surface area contributed by atoms with Gasteiger partial charge in [0.25, 0.3) is 0 Å². The molecule has 2 rings (SSSR count). The van der Waals surface area contributed by atoms with Crippen molar-refractivity contribution in [2.45, 2.75) is 32.9 Å². The predicted molar refractivity (Wildman–Crippen MR) is 80.3 cm³/mol. The summed E-state index contributed by atoms with van der Waals surface area (Å²) in [6, 6.07) is 12.5. The average molecular weight is 275 g/mol. The van der Waals surface area contributed by atoms with E-state index in [4.69, 9.17) is 11.6 Å². The SMILES string of the molecule is CCC(NCc1ccc(C)nc1)c1cccc(Cl)c1. The Bertz CT molecular complexity index is 523. The Balaban J connectivity index is 2.01. The summed E-state index contributed by atoms with van der Waals surface area (Å²) in [5, 5.41) is 4.34. The van der Waals surface area contributed by atoms with Gasteiger partial charge in [-0.2, -0.15) is 0 Å². The normalized spacial score (nSPS) is 12.4. The molecule has 0 spiro atoms. The second-order valence-electron chi connectivity index (χ2n) is 4.70. The van der Waals surface area contributed by atoms with Crippen molar-refractivity contribution in [3.8, 4) is 0 Å². The number of benzene rings is 1. The Morgan fingerprint density at radius 3 is 2.74 bits per heavy atom. The lowest BCUT2D eigenvalue weighted by atomic mass is 10.0. The quantitative estimate of drug-likeness (QED) is 0.880. The van der Waals surface area contributed by atoms with Gasteiger partial charge in [0, 0.05) is 29.5 Å². The molecule has 0 fully saturated rings. The summed E-state index contributed by atoms with van der Waals surface area (Å²) in [6.07, 6.45) is 2.95. The summed E-state index contributed by atoms with van der Waals surface area (Å²) in [6.45, 7) is 4.99. The first kappa shape index (κ1) is 14.0. The molecule has 0 saturated carbocycles. The van der Waals surface area contributed by atoms with E-state index in [0.717, 1.165) is 23.7 Å². The zero-order valence-electron chi connectivity index (χ0n) is 11.4. The lowest BCUT2D eigenvalue weighted by Crippen LogP contribution is -2.20. The molecule has 0 radical (unpaired) electrons. The summed E-state index contributed by atoms with van der Waals surface area (Å²) < 4.78 is 0. The zero-order chi connectivity index (χ0) is 13.7. The second kappa shape index (κ2) is 6.69. The highest BCUT2D eigenvalue weighted by molar-refractivity contribution is 6.30. The number of pyridine rings is 1. The molecule has 1 aromatic carbocycles. The summed E-state index contributed by atoms with van der Waals surface area (Å²) >= 11 is 6.04. The number of aryl methyl sites for hydroxylation is 1. The van der Waals surface area contributed by atoms with Crippen molar-refractivity contribution in [1.82, 2.24) is 10.3 Å². The minimum atomic E-state index is 0.319. The third-order valence-corrected chi connectivity index (χ3v) is 3.42. The van der Waals surface area contributed by atoms with E-state index in [1.807, 2.05) is 37.4 Å². The van der Waals surface area contributed by atoms with Gasteiger partial charge in [-0.05, 0) is 42.7 Å². The summed E-state index contributed by atoms with van der Waals surface area (Å²) in [5.74, 6) is 0. The largest absolute Gasteiger partial charge is 0.306 e. The Labute approximate surface area is 119 Å². The molecular weight excluding hydrogens is 256 g/mol. The van der Waals surface area contributed by atoms with Crippen LogP contribution < -0.4 is 5.32 Å². The topological polar surface area (TPSA) is 24.9 Å². The van der Waals surface area contributed by atoms with E-state index in [-0.39, 0.29) is 0 Å². The van der Waals surface area contributed by atoms with Gasteiger partial charge in [0.05, 0.1) is 0 Å². The summed E-state index contributed by atoms with van der Waals surface area (Å²) in [5.41, 5.74) is 3.48. The van der Waals surface area contributed by atoms with E-state index >= 15 is 0 Å². The van der Waals surface area contributed by atoms with Crippen LogP contribution in [0.3, 0.4) is 0 Å². The van der Waals surface area contributed by atoms with Gasteiger partial charge < -0.3 is 5.32 Å². The first-order valence-corrected chi connectivity index (χ1v) is 6.97. The molecule has 0 aliphatic heterocycles. The number of hydrogen-bond donors (Lipinski definition) is 1. The van der Waals surface area contributed by atoms with Crippen LogP contribution in [0, 0.1) is 6.92 Å². The molecule has 0 bridgehead atoms. The molecule has 1 aromatic heterocycles. The fraction of sp³-hybridized carbons (Fsp3) is 0.312. The van der Waals surface area contributed by atoms with Crippen LogP contribution in [0.4, 0.5) is 0 Å². The van der Waals surface area contributed by atoms with Crippen molar-refractivity contribution in [2.75, 3.05) is 0 Å². The summed E-state index contributed by atoms with van der Waals surface area (Å²) in [7, 11) is 0. The lowest BCUT2D eigenvalue weighted by Gasteiger charge is -2.17. The molecule has 2 aromatic rings. The van der Waals surface area contributed by atoms with Crippen LogP contribution in [0.25, 0.3) is 0 Å². The minimum absolute atomic E-state index is 0.319. The molecule has 2 nitrogen and oxygen atoms in total. The van der Waals surface area contributed by atoms with Gasteiger partial charge >= 0.3 is 0 Å². The van der Waals surface area contributed by atoms with E-state index in [9.17, 15) is 0 Å². The number of nitrogens with one attached hydrogen (secondary N) is 1. The lowest BCUT2D eigenvalue weighted by molar-refractivity contribution is 0.518. The highest BCUT2D eigenvalue weighted by Crippen LogP contribution is 2.20. The molecule has 0 saturated heterocycles. The molecule has 1 heterocycles. The standard InChI is InChI=1S/C16H19ClN2/c1-3-16(14-5-4-6-15(17)9-14)19-11-13-8-7-12(2)18-10-13/h4-10,16,19H,3,11H2,1-2H3. The number of aromatic nitrogens is 1. The molecule has 1 N–H and O–H groups in total. The van der Waals surface area contributed by atoms with Crippen molar-refractivity contribution < 1.29 is 0 Å². The number of halogens is 1. The van der Waals surface area contributed by atoms with Gasteiger partial charge in [-0.3, -0.25) is 4.98 Å². The zero-order valence-corrected chi connectivity index (χ0v) is 12.1. The van der Waals surface area contributed by atoms with E-state index in [2.05, 4.69) is 29.4 Å². The van der Waals surface area contributed by atoms with Crippen LogP contribution in [0.5, 0.6) is 0 Å². The highest BCUT2D eigenvalue weighted by Gasteiger charge is 2.08. The van der Waals surface area contributed by atoms with Crippen molar-refractivity contribution in [2.24, 2.45) is 0 Å². The molecule has 100 valence electrons. The first-order chi connectivity index (χ1) is 9.19. The van der Waals surface area contributed by atoms with Crippen LogP contribution in [0.15, 0.2) is 42.6 Å². The van der Waals surface area contributed by atoms with Gasteiger partial charge in [0.15, 0.2) is 0 Å². The van der Waals surface area contributed by atoms with Gasteiger partial charge in [-0.15, -0.1) is 0 Å². The maximum absolute atomic E-state index is 6.04. The second-order valence-corrected chi connectivity index (χ2v) is 5.14. The molecule has 0 aliphatic rings. The minimum Gasteiger partial charge on any atom is -0.306 e. The molecule has 3 heteroatoms. The molecule has 0 aliphatic carbocycles. The highest BCUT2D eigenvalue weighted by atomic mass is 35.5. The fourth-order valence-corrected chi connectivity index (χ4v) is 2.26. The average Bonchev–Trinajstić information content (AvgIpc) is 2.42. The van der Waals surface area contributed by atoms with Crippen molar-refractivity contribution >= 4 is 11.6 Å². The third kappa shape index (κ3) is 4.05. The van der Waals surface area contributed by atoms with Crippen molar-refractivity contribution in [3.63, 3.8) is 0 Å². The van der Waals surface area contributed by atoms with Crippen LogP contribution >= 0.6 is 11.6 Å². The smallest absolute Gasteiger partial charge is 0.0409 e. The van der Waals surface area contributed by atoms with E-state index in [0.29, 0.717) is 6.04 Å². The molecule has 1 atom stereocenters. The van der Waals surface area contributed by atoms with Crippen molar-refractivity contribution in [3.05, 3.63) is 64.4 Å². The van der Waals surface area contributed by atoms with E-state index < -0.39 is 0 Å². The van der Waals surface area contributed by atoms with Crippen LogP contribution in [-0.2, 0) is 6.54 Å². The van der Waals surface area contributed by atoms with Gasteiger partial charge in [-0.1, -0.05) is 36.7 Å². The Kier molecular flexibility index (Phi) is 4.94. The number of hydrogen-bond acceptors (Lipinski definition) is 2. The molecule has 1 unspecified atom stereocenters. The maximum Gasteiger partial charge on any atom is 0.0409 e. The first-order valence-electron chi connectivity index (χ1n) is 6.59. The monoisotopic (exact) mass is 274 g/mol. The van der Waals surface area contributed by atoms with E-state index in [1.165, 1.54) is 11.1 Å². The molecule has 19 heavy (non-hydrogen) atoms. The third-order valence-electron chi connectivity index (χ3n) is 3.18. The Hall–Kier alpha value is -1.38. The van der Waals surface area contributed by atoms with Gasteiger partial charge in [0.1, 0.15) is 0 Å². The van der Waals surface area contributed by atoms with Crippen molar-refractivity contribution in [1.29, 1.82) is 0 Å². The van der Waals surface area contributed by atoms with E-state index in [1.54, 1.807) is 0 Å². The molecular formula is C16H19ClN2. The Morgan fingerprint density at radius 2 is 2.11 bits per heavy atom. The number of nitrogens with zero attached hydrogens (tertiary/aromatic N) is 1. The Morgan fingerprint density at radius 1 is 1.26 bits per heavy atom. The van der Waals surface area contributed by atoms with Gasteiger partial charge in [-0.25, -0.2) is 0 Å². The predicted octanol–water partition coefficient (Wildman–Crippen LogP) is 4.28. The van der Waals surface area contributed by atoms with Gasteiger partial charge in [0.2, 0.25) is 0 Å². The van der Waals surface area contributed by atoms with Crippen LogP contribution in [0.1, 0.15) is 36.2 Å². The maximum atomic E-state index is 6.04. The van der Waals surface area contributed by atoms with Crippen LogP contribution in [-0.4, -0.2) is 4.98 Å². The fourth-order valence-electron chi connectivity index (χ4n) is 2.07. The van der Waals surface area contributed by atoms with Crippen LogP contribution in [0.2, 0.25) is 5.02 Å². The number of rotatable bonds is 5. The summed E-state index contributed by atoms with van der Waals surface area (Å²) in [4.78, 5) is 4.31. The molecule has 0 amide bonds.